The minimum absolute atomic E-state index is 0.0249. The summed E-state index contributed by atoms with van der Waals surface area (Å²) in [5, 5.41) is 0. The highest BCUT2D eigenvalue weighted by Crippen LogP contribution is 2.27. The van der Waals surface area contributed by atoms with E-state index in [2.05, 4.69) is 16.0 Å². The Hall–Kier alpha value is -2.73. The zero-order chi connectivity index (χ0) is 19.0. The summed E-state index contributed by atoms with van der Waals surface area (Å²) in [6.07, 6.45) is 3.87. The third kappa shape index (κ3) is 3.57. The molecule has 4 heterocycles. The second-order valence-corrected chi connectivity index (χ2v) is 7.41. The van der Waals surface area contributed by atoms with Crippen LogP contribution in [0.5, 0.6) is 0 Å². The van der Waals surface area contributed by atoms with Crippen LogP contribution in [0.2, 0.25) is 0 Å². The Morgan fingerprint density at radius 2 is 1.85 bits per heavy atom. The second kappa shape index (κ2) is 7.12. The van der Waals surface area contributed by atoms with Crippen LogP contribution in [0.4, 0.5) is 0 Å². The predicted octanol–water partition coefficient (Wildman–Crippen LogP) is 2.08. The van der Waals surface area contributed by atoms with Gasteiger partial charge in [-0.05, 0) is 62.5 Å². The molecule has 0 saturated carbocycles. The Labute approximate surface area is 157 Å². The Kier molecular flexibility index (Phi) is 4.66. The molecule has 6 nitrogen and oxygen atoms in total. The number of hydrogen-bond acceptors (Lipinski definition) is 4. The van der Waals surface area contributed by atoms with Crippen molar-refractivity contribution in [2.45, 2.75) is 32.2 Å². The molecule has 1 aliphatic heterocycles. The summed E-state index contributed by atoms with van der Waals surface area (Å²) in [5.41, 5.74) is 3.57. The molecule has 0 N–H and O–H groups in total. The molecule has 0 spiro atoms. The lowest BCUT2D eigenvalue weighted by Crippen LogP contribution is -2.33. The Morgan fingerprint density at radius 1 is 1.07 bits per heavy atom. The molecular formula is C21H24N4O2. The standard InChI is InChI=1S/C21H24N4O2/c1-15-4-3-5-19-22-18(13-21(27)25(15)19)14-24-10-7-16(8-11-24)17-6-9-23(2)20(26)12-17/h3-6,9,12-13,16H,7-8,10-11,14H2,1-2H3. The van der Waals surface area contributed by atoms with Crippen molar-refractivity contribution in [3.05, 3.63) is 80.3 Å². The fourth-order valence-electron chi connectivity index (χ4n) is 3.92. The van der Waals surface area contributed by atoms with E-state index in [-0.39, 0.29) is 11.1 Å². The highest BCUT2D eigenvalue weighted by Gasteiger charge is 2.21. The smallest absolute Gasteiger partial charge is 0.258 e. The Balaban J connectivity index is 1.46. The van der Waals surface area contributed by atoms with Gasteiger partial charge >= 0.3 is 0 Å². The van der Waals surface area contributed by atoms with Crippen LogP contribution >= 0.6 is 0 Å². The van der Waals surface area contributed by atoms with Crippen molar-refractivity contribution in [3.8, 4) is 0 Å². The molecule has 0 atom stereocenters. The Morgan fingerprint density at radius 3 is 2.59 bits per heavy atom. The molecule has 0 aromatic carbocycles. The molecule has 0 unspecified atom stereocenters. The molecule has 3 aromatic rings. The Bertz CT molecular complexity index is 1090. The van der Waals surface area contributed by atoms with E-state index in [9.17, 15) is 9.59 Å². The average molecular weight is 364 g/mol. The third-order valence-electron chi connectivity index (χ3n) is 5.51. The molecule has 27 heavy (non-hydrogen) atoms. The van der Waals surface area contributed by atoms with Crippen molar-refractivity contribution in [1.82, 2.24) is 18.9 Å². The number of likely N-dealkylation sites (tertiary alicyclic amines) is 1. The first kappa shape index (κ1) is 17.7. The average Bonchev–Trinajstić information content (AvgIpc) is 2.64. The maximum atomic E-state index is 12.4. The fourth-order valence-corrected chi connectivity index (χ4v) is 3.92. The van der Waals surface area contributed by atoms with Crippen LogP contribution in [0.3, 0.4) is 0 Å². The number of fused-ring (bicyclic) bond motifs is 1. The summed E-state index contributed by atoms with van der Waals surface area (Å²) in [6, 6.07) is 11.2. The lowest BCUT2D eigenvalue weighted by atomic mass is 9.90. The van der Waals surface area contributed by atoms with Gasteiger partial charge in [0.2, 0.25) is 0 Å². The van der Waals surface area contributed by atoms with E-state index in [0.717, 1.165) is 42.9 Å². The van der Waals surface area contributed by atoms with Crippen molar-refractivity contribution in [3.63, 3.8) is 0 Å². The van der Waals surface area contributed by atoms with Crippen molar-refractivity contribution >= 4 is 5.65 Å². The van der Waals surface area contributed by atoms with Gasteiger partial charge in [0.1, 0.15) is 5.65 Å². The largest absolute Gasteiger partial charge is 0.319 e. The number of aryl methyl sites for hydroxylation is 2. The fraction of sp³-hybridized carbons (Fsp3) is 0.381. The van der Waals surface area contributed by atoms with Gasteiger partial charge in [0.15, 0.2) is 0 Å². The van der Waals surface area contributed by atoms with E-state index >= 15 is 0 Å². The van der Waals surface area contributed by atoms with Gasteiger partial charge in [0.25, 0.3) is 11.1 Å². The summed E-state index contributed by atoms with van der Waals surface area (Å²) >= 11 is 0. The van der Waals surface area contributed by atoms with Gasteiger partial charge in [-0.1, -0.05) is 6.07 Å². The van der Waals surface area contributed by atoms with Gasteiger partial charge in [0.05, 0.1) is 5.69 Å². The number of aromatic nitrogens is 3. The highest BCUT2D eigenvalue weighted by atomic mass is 16.1. The molecule has 6 heteroatoms. The van der Waals surface area contributed by atoms with Crippen molar-refractivity contribution < 1.29 is 0 Å². The topological polar surface area (TPSA) is 59.6 Å². The maximum absolute atomic E-state index is 12.4. The van der Waals surface area contributed by atoms with Crippen LogP contribution < -0.4 is 11.1 Å². The van der Waals surface area contributed by atoms with Gasteiger partial charge in [-0.3, -0.25) is 18.9 Å². The molecule has 4 rings (SSSR count). The number of piperidine rings is 1. The van der Waals surface area contributed by atoms with E-state index in [1.165, 1.54) is 0 Å². The molecule has 1 fully saturated rings. The minimum Gasteiger partial charge on any atom is -0.319 e. The van der Waals surface area contributed by atoms with E-state index in [4.69, 9.17) is 0 Å². The van der Waals surface area contributed by atoms with Crippen molar-refractivity contribution in [2.24, 2.45) is 7.05 Å². The van der Waals surface area contributed by atoms with Crippen LogP contribution in [0.15, 0.2) is 52.2 Å². The second-order valence-electron chi connectivity index (χ2n) is 7.41. The summed E-state index contributed by atoms with van der Waals surface area (Å²) in [7, 11) is 1.77. The molecular weight excluding hydrogens is 340 g/mol. The SMILES string of the molecule is Cc1cccc2nc(CN3CCC(c4ccn(C)c(=O)c4)CC3)cc(=O)n12. The third-order valence-corrected chi connectivity index (χ3v) is 5.51. The van der Waals surface area contributed by atoms with Gasteiger partial charge in [0, 0.05) is 37.6 Å². The maximum Gasteiger partial charge on any atom is 0.258 e. The number of nitrogens with zero attached hydrogens (tertiary/aromatic N) is 4. The first-order chi connectivity index (χ1) is 13.0. The molecule has 0 radical (unpaired) electrons. The van der Waals surface area contributed by atoms with E-state index in [1.54, 1.807) is 28.1 Å². The number of hydrogen-bond donors (Lipinski definition) is 0. The van der Waals surface area contributed by atoms with Gasteiger partial charge in [-0.2, -0.15) is 0 Å². The van der Waals surface area contributed by atoms with Gasteiger partial charge in [-0.25, -0.2) is 4.98 Å². The molecule has 1 saturated heterocycles. The lowest BCUT2D eigenvalue weighted by Gasteiger charge is -2.31. The zero-order valence-corrected chi connectivity index (χ0v) is 15.8. The summed E-state index contributed by atoms with van der Waals surface area (Å²) in [6.45, 7) is 4.48. The first-order valence-electron chi connectivity index (χ1n) is 9.38. The van der Waals surface area contributed by atoms with Crippen LogP contribution in [-0.2, 0) is 13.6 Å². The summed E-state index contributed by atoms with van der Waals surface area (Å²) in [4.78, 5) is 31.3. The molecule has 140 valence electrons. The van der Waals surface area contributed by atoms with Gasteiger partial charge < -0.3 is 4.57 Å². The molecule has 0 aliphatic carbocycles. The van der Waals surface area contributed by atoms with E-state index in [0.29, 0.717) is 18.1 Å². The minimum atomic E-state index is -0.0249. The normalized spacial score (nSPS) is 16.1. The van der Waals surface area contributed by atoms with Crippen molar-refractivity contribution in [1.29, 1.82) is 0 Å². The monoisotopic (exact) mass is 364 g/mol. The van der Waals surface area contributed by atoms with Crippen LogP contribution in [0.25, 0.3) is 5.65 Å². The number of pyridine rings is 2. The summed E-state index contributed by atoms with van der Waals surface area (Å²) in [5.74, 6) is 0.424. The zero-order valence-electron chi connectivity index (χ0n) is 15.8. The summed E-state index contributed by atoms with van der Waals surface area (Å²) < 4.78 is 3.25. The van der Waals surface area contributed by atoms with Gasteiger partial charge in [-0.15, -0.1) is 0 Å². The molecule has 3 aromatic heterocycles. The van der Waals surface area contributed by atoms with Crippen LogP contribution in [0, 0.1) is 6.92 Å². The van der Waals surface area contributed by atoms with Crippen LogP contribution in [0.1, 0.15) is 35.7 Å². The van der Waals surface area contributed by atoms with Crippen LogP contribution in [-0.4, -0.2) is 31.9 Å². The molecule has 0 amide bonds. The quantitative estimate of drug-likeness (QED) is 0.714. The van der Waals surface area contributed by atoms with E-state index in [1.807, 2.05) is 31.3 Å². The first-order valence-corrected chi connectivity index (χ1v) is 9.38. The van der Waals surface area contributed by atoms with Crippen molar-refractivity contribution in [2.75, 3.05) is 13.1 Å². The molecule has 1 aliphatic rings. The predicted molar refractivity (Wildman–Crippen MR) is 105 cm³/mol. The number of rotatable bonds is 3. The highest BCUT2D eigenvalue weighted by molar-refractivity contribution is 5.40. The lowest BCUT2D eigenvalue weighted by molar-refractivity contribution is 0.202. The molecule has 0 bridgehead atoms. The van der Waals surface area contributed by atoms with E-state index < -0.39 is 0 Å².